The Kier molecular flexibility index (Phi) is 6.22. The number of rotatable bonds is 4. The summed E-state index contributed by atoms with van der Waals surface area (Å²) in [5, 5.41) is 12.8. The van der Waals surface area contributed by atoms with Crippen LogP contribution in [0.3, 0.4) is 0 Å². The van der Waals surface area contributed by atoms with Gasteiger partial charge in [0.2, 0.25) is 0 Å². The quantitative estimate of drug-likeness (QED) is 0.252. The van der Waals surface area contributed by atoms with Gasteiger partial charge < -0.3 is 9.73 Å². The highest BCUT2D eigenvalue weighted by atomic mass is 127. The molecular formula is C20H11Cl2IN2O2. The third-order valence-electron chi connectivity index (χ3n) is 3.58. The van der Waals surface area contributed by atoms with Crippen molar-refractivity contribution >= 4 is 63.5 Å². The summed E-state index contributed by atoms with van der Waals surface area (Å²) < 4.78 is 6.68. The van der Waals surface area contributed by atoms with Gasteiger partial charge in [-0.1, -0.05) is 35.3 Å². The monoisotopic (exact) mass is 508 g/mol. The van der Waals surface area contributed by atoms with Crippen molar-refractivity contribution in [2.24, 2.45) is 0 Å². The van der Waals surface area contributed by atoms with E-state index in [1.807, 2.05) is 18.2 Å². The molecule has 0 radical (unpaired) electrons. The molecule has 0 fully saturated rings. The molecule has 4 nitrogen and oxygen atoms in total. The van der Waals surface area contributed by atoms with E-state index < -0.39 is 5.91 Å². The number of benzene rings is 2. The lowest BCUT2D eigenvalue weighted by atomic mass is 10.2. The second-order valence-electron chi connectivity index (χ2n) is 5.44. The Hall–Kier alpha value is -2.27. The molecule has 2 aromatic carbocycles. The van der Waals surface area contributed by atoms with Crippen LogP contribution >= 0.6 is 45.8 Å². The summed E-state index contributed by atoms with van der Waals surface area (Å²) in [6.07, 6.45) is 1.38. The predicted molar refractivity (Wildman–Crippen MR) is 116 cm³/mol. The zero-order valence-corrected chi connectivity index (χ0v) is 17.3. The molecule has 0 aliphatic carbocycles. The van der Waals surface area contributed by atoms with Crippen molar-refractivity contribution in [1.82, 2.24) is 0 Å². The normalized spacial score (nSPS) is 11.1. The van der Waals surface area contributed by atoms with Crippen LogP contribution in [0.1, 0.15) is 5.76 Å². The minimum Gasteiger partial charge on any atom is -0.457 e. The van der Waals surface area contributed by atoms with Gasteiger partial charge in [-0.15, -0.1) is 0 Å². The van der Waals surface area contributed by atoms with Crippen molar-refractivity contribution in [3.05, 3.63) is 79.5 Å². The predicted octanol–water partition coefficient (Wildman–Crippen LogP) is 6.40. The van der Waals surface area contributed by atoms with E-state index in [9.17, 15) is 10.1 Å². The Morgan fingerprint density at radius 3 is 2.67 bits per heavy atom. The molecule has 3 aromatic rings. The Morgan fingerprint density at radius 1 is 1.15 bits per heavy atom. The number of carbonyl (C=O) groups excluding carboxylic acids is 1. The first-order valence-electron chi connectivity index (χ1n) is 7.71. The standard InChI is InChI=1S/C20H11Cl2IN2O2/c21-17-6-2-5-16(19(17)22)18-8-7-15(27-18)9-12(11-24)20(26)25-14-4-1-3-13(23)10-14/h1-10H,(H,25,26)/b12-9+. The molecule has 1 amide bonds. The molecule has 0 saturated carbocycles. The highest BCUT2D eigenvalue weighted by Crippen LogP contribution is 2.34. The van der Waals surface area contributed by atoms with Gasteiger partial charge in [0.05, 0.1) is 10.0 Å². The number of halogens is 3. The van der Waals surface area contributed by atoms with Crippen molar-refractivity contribution in [2.45, 2.75) is 0 Å². The molecule has 0 spiro atoms. The van der Waals surface area contributed by atoms with Gasteiger partial charge in [-0.2, -0.15) is 5.26 Å². The number of nitriles is 1. The second kappa shape index (κ2) is 8.61. The van der Waals surface area contributed by atoms with Crippen LogP contribution in [-0.2, 0) is 4.79 Å². The third-order valence-corrected chi connectivity index (χ3v) is 5.07. The van der Waals surface area contributed by atoms with Crippen molar-refractivity contribution in [1.29, 1.82) is 5.26 Å². The molecule has 0 saturated heterocycles. The maximum absolute atomic E-state index is 12.4. The first kappa shape index (κ1) is 19.5. The van der Waals surface area contributed by atoms with E-state index >= 15 is 0 Å². The molecule has 0 unspecified atom stereocenters. The van der Waals surface area contributed by atoms with Gasteiger partial charge >= 0.3 is 0 Å². The molecule has 0 atom stereocenters. The Balaban J connectivity index is 1.84. The Labute approximate surface area is 179 Å². The molecule has 1 heterocycles. The van der Waals surface area contributed by atoms with Gasteiger partial charge in [-0.05, 0) is 65.1 Å². The fraction of sp³-hybridized carbons (Fsp3) is 0. The zero-order valence-electron chi connectivity index (χ0n) is 13.7. The van der Waals surface area contributed by atoms with Gasteiger partial charge in [-0.25, -0.2) is 0 Å². The third kappa shape index (κ3) is 4.72. The van der Waals surface area contributed by atoms with Crippen molar-refractivity contribution in [3.8, 4) is 17.4 Å². The second-order valence-corrected chi connectivity index (χ2v) is 7.47. The summed E-state index contributed by atoms with van der Waals surface area (Å²) in [5.74, 6) is 0.331. The van der Waals surface area contributed by atoms with Gasteiger partial charge in [0, 0.05) is 20.9 Å². The number of nitrogens with one attached hydrogen (secondary N) is 1. The van der Waals surface area contributed by atoms with E-state index in [4.69, 9.17) is 27.6 Å². The minimum atomic E-state index is -0.516. The van der Waals surface area contributed by atoms with Crippen LogP contribution in [0.5, 0.6) is 0 Å². The van der Waals surface area contributed by atoms with Crippen LogP contribution in [0.15, 0.2) is 64.6 Å². The summed E-state index contributed by atoms with van der Waals surface area (Å²) in [5.41, 5.74) is 1.16. The molecule has 0 aliphatic heterocycles. The fourth-order valence-electron chi connectivity index (χ4n) is 2.32. The highest BCUT2D eigenvalue weighted by molar-refractivity contribution is 14.1. The zero-order chi connectivity index (χ0) is 19.4. The smallest absolute Gasteiger partial charge is 0.266 e. The summed E-state index contributed by atoms with van der Waals surface area (Å²) in [7, 11) is 0. The number of furan rings is 1. The lowest BCUT2D eigenvalue weighted by molar-refractivity contribution is -0.112. The SMILES string of the molecule is N#C/C(=C\c1ccc(-c2cccc(Cl)c2Cl)o1)C(=O)Nc1cccc(I)c1. The average Bonchev–Trinajstić information content (AvgIpc) is 3.10. The molecule has 7 heteroatoms. The molecule has 134 valence electrons. The van der Waals surface area contributed by atoms with Crippen molar-refractivity contribution < 1.29 is 9.21 Å². The number of hydrogen-bond donors (Lipinski definition) is 1. The Morgan fingerprint density at radius 2 is 1.93 bits per heavy atom. The summed E-state index contributed by atoms with van der Waals surface area (Å²) >= 11 is 14.4. The highest BCUT2D eigenvalue weighted by Gasteiger charge is 2.13. The molecule has 0 aliphatic rings. The van der Waals surface area contributed by atoms with Gasteiger partial charge in [-0.3, -0.25) is 4.79 Å². The lowest BCUT2D eigenvalue weighted by Crippen LogP contribution is -2.13. The molecule has 0 bridgehead atoms. The van der Waals surface area contributed by atoms with Crippen molar-refractivity contribution in [2.75, 3.05) is 5.32 Å². The lowest BCUT2D eigenvalue weighted by Gasteiger charge is -2.04. The maximum atomic E-state index is 12.4. The van der Waals surface area contributed by atoms with E-state index in [0.29, 0.717) is 32.8 Å². The van der Waals surface area contributed by atoms with Gasteiger partial charge in [0.25, 0.3) is 5.91 Å². The average molecular weight is 509 g/mol. The van der Waals surface area contributed by atoms with Gasteiger partial charge in [0.1, 0.15) is 23.2 Å². The van der Waals surface area contributed by atoms with Crippen LogP contribution < -0.4 is 5.32 Å². The summed E-state index contributed by atoms with van der Waals surface area (Å²) in [6, 6.07) is 17.8. The van der Waals surface area contributed by atoms with Crippen LogP contribution in [0, 0.1) is 14.9 Å². The summed E-state index contributed by atoms with van der Waals surface area (Å²) in [6.45, 7) is 0. The number of hydrogen-bond acceptors (Lipinski definition) is 3. The number of amides is 1. The molecular weight excluding hydrogens is 498 g/mol. The fourth-order valence-corrected chi connectivity index (χ4v) is 3.26. The molecule has 3 rings (SSSR count). The maximum Gasteiger partial charge on any atom is 0.266 e. The number of carbonyl (C=O) groups is 1. The van der Waals surface area contributed by atoms with Crippen LogP contribution in [0.25, 0.3) is 17.4 Å². The van der Waals surface area contributed by atoms with E-state index in [2.05, 4.69) is 27.9 Å². The van der Waals surface area contributed by atoms with Crippen molar-refractivity contribution in [3.63, 3.8) is 0 Å². The topological polar surface area (TPSA) is 66.0 Å². The Bertz CT molecular complexity index is 1080. The van der Waals surface area contributed by atoms with Gasteiger partial charge in [0.15, 0.2) is 0 Å². The molecule has 1 N–H and O–H groups in total. The van der Waals surface area contributed by atoms with E-state index in [0.717, 1.165) is 3.57 Å². The van der Waals surface area contributed by atoms with E-state index in [1.165, 1.54) is 6.08 Å². The van der Waals surface area contributed by atoms with Crippen LogP contribution in [0.4, 0.5) is 5.69 Å². The molecule has 1 aromatic heterocycles. The first-order valence-corrected chi connectivity index (χ1v) is 9.54. The number of anilines is 1. The minimum absolute atomic E-state index is 0.0769. The summed E-state index contributed by atoms with van der Waals surface area (Å²) in [4.78, 5) is 12.4. The van der Waals surface area contributed by atoms with E-state index in [-0.39, 0.29) is 5.57 Å². The molecule has 27 heavy (non-hydrogen) atoms. The first-order chi connectivity index (χ1) is 13.0. The van der Waals surface area contributed by atoms with Crippen LogP contribution in [-0.4, -0.2) is 5.91 Å². The largest absolute Gasteiger partial charge is 0.457 e. The van der Waals surface area contributed by atoms with Crippen LogP contribution in [0.2, 0.25) is 10.0 Å². The number of nitrogens with zero attached hydrogens (tertiary/aromatic N) is 1. The van der Waals surface area contributed by atoms with E-state index in [1.54, 1.807) is 42.5 Å².